The molecule has 3 atom stereocenters. The summed E-state index contributed by atoms with van der Waals surface area (Å²) in [6.45, 7) is 5.33. The molecule has 1 aliphatic rings. The van der Waals surface area contributed by atoms with Crippen LogP contribution in [0, 0.1) is 5.92 Å². The fraction of sp³-hybridized carbons (Fsp3) is 0.342. The summed E-state index contributed by atoms with van der Waals surface area (Å²) >= 11 is 0. The number of rotatable bonds is 12. The van der Waals surface area contributed by atoms with Crippen molar-refractivity contribution in [1.82, 2.24) is 14.9 Å². The Hall–Kier alpha value is -5.65. The minimum atomic E-state index is -0.805. The van der Waals surface area contributed by atoms with Gasteiger partial charge in [-0.15, -0.1) is 0 Å². The zero-order valence-electron chi connectivity index (χ0n) is 29.4. The Labute approximate surface area is 291 Å². The Morgan fingerprint density at radius 1 is 1.02 bits per heavy atom. The molecule has 0 bridgehead atoms. The maximum Gasteiger partial charge on any atom is 0.247 e. The van der Waals surface area contributed by atoms with Gasteiger partial charge in [0.25, 0.3) is 0 Å². The van der Waals surface area contributed by atoms with Crippen molar-refractivity contribution in [3.05, 3.63) is 93.7 Å². The number of nitrogens with one attached hydrogen (secondary N) is 3. The molecular weight excluding hydrogens is 638 g/mol. The van der Waals surface area contributed by atoms with Gasteiger partial charge in [0.05, 0.1) is 33.1 Å². The van der Waals surface area contributed by atoms with Gasteiger partial charge < -0.3 is 34.7 Å². The quantitative estimate of drug-likeness (QED) is 0.170. The second kappa shape index (κ2) is 15.3. The molecule has 12 heteroatoms. The lowest BCUT2D eigenvalue weighted by atomic mass is 9.95. The SMILES string of the molecule is CCC(C)C(Nc1ccc2c(cc1=O)C(NC(C)=O)CCc1cc(OC)c(OC)c(OC)c1-2)C(=O)Nc1cccc(C(=O)c2nccn2C)c1. The molecule has 0 fully saturated rings. The van der Waals surface area contributed by atoms with E-state index in [-0.39, 0.29) is 40.5 Å². The molecular formula is C38H43N5O7. The fourth-order valence-corrected chi connectivity index (χ4v) is 6.37. The molecule has 0 aliphatic heterocycles. The van der Waals surface area contributed by atoms with Crippen LogP contribution in [0.3, 0.4) is 0 Å². The van der Waals surface area contributed by atoms with Crippen LogP contribution in [0.1, 0.15) is 67.0 Å². The van der Waals surface area contributed by atoms with Gasteiger partial charge >= 0.3 is 0 Å². The van der Waals surface area contributed by atoms with Crippen molar-refractivity contribution in [3.8, 4) is 28.4 Å². The third kappa shape index (κ3) is 7.19. The van der Waals surface area contributed by atoms with Gasteiger partial charge in [0.2, 0.25) is 28.8 Å². The molecule has 1 aliphatic carbocycles. The van der Waals surface area contributed by atoms with Crippen LogP contribution in [0.4, 0.5) is 11.4 Å². The van der Waals surface area contributed by atoms with Crippen molar-refractivity contribution in [2.75, 3.05) is 32.0 Å². The first-order valence-electron chi connectivity index (χ1n) is 16.5. The highest BCUT2D eigenvalue weighted by Gasteiger charge is 2.30. The molecule has 12 nitrogen and oxygen atoms in total. The Morgan fingerprint density at radius 2 is 1.78 bits per heavy atom. The number of aromatic nitrogens is 2. The minimum Gasteiger partial charge on any atom is -0.493 e. The molecule has 0 spiro atoms. The van der Waals surface area contributed by atoms with Gasteiger partial charge in [0.1, 0.15) is 6.04 Å². The van der Waals surface area contributed by atoms with E-state index in [2.05, 4.69) is 20.9 Å². The van der Waals surface area contributed by atoms with E-state index < -0.39 is 12.1 Å². The van der Waals surface area contributed by atoms with Crippen LogP contribution in [0.25, 0.3) is 11.1 Å². The number of fused-ring (bicyclic) bond motifs is 3. The van der Waals surface area contributed by atoms with E-state index in [0.717, 1.165) is 11.1 Å². The number of aryl methyl sites for hydroxylation is 2. The largest absolute Gasteiger partial charge is 0.493 e. The average Bonchev–Trinajstić information content (AvgIpc) is 3.40. The van der Waals surface area contributed by atoms with Crippen LogP contribution in [0.5, 0.6) is 17.2 Å². The van der Waals surface area contributed by atoms with Gasteiger partial charge in [-0.3, -0.25) is 19.2 Å². The summed E-state index contributed by atoms with van der Waals surface area (Å²) in [5.41, 5.74) is 3.59. The molecule has 0 radical (unpaired) electrons. The first-order valence-corrected chi connectivity index (χ1v) is 16.5. The van der Waals surface area contributed by atoms with Crippen LogP contribution in [-0.2, 0) is 23.1 Å². The zero-order chi connectivity index (χ0) is 36.1. The summed E-state index contributed by atoms with van der Waals surface area (Å²) in [7, 11) is 6.37. The molecule has 3 N–H and O–H groups in total. The Morgan fingerprint density at radius 3 is 2.42 bits per heavy atom. The van der Waals surface area contributed by atoms with Crippen LogP contribution in [-0.4, -0.2) is 54.5 Å². The highest BCUT2D eigenvalue weighted by Crippen LogP contribution is 2.50. The third-order valence-corrected chi connectivity index (χ3v) is 9.14. The molecule has 5 rings (SSSR count). The third-order valence-electron chi connectivity index (χ3n) is 9.14. The van der Waals surface area contributed by atoms with E-state index in [0.29, 0.717) is 58.9 Å². The molecule has 4 aromatic rings. The molecule has 2 amide bonds. The van der Waals surface area contributed by atoms with Gasteiger partial charge in [-0.25, -0.2) is 4.98 Å². The molecule has 3 unspecified atom stereocenters. The fourth-order valence-electron chi connectivity index (χ4n) is 6.37. The highest BCUT2D eigenvalue weighted by molar-refractivity contribution is 6.08. The second-order valence-corrected chi connectivity index (χ2v) is 12.4. The van der Waals surface area contributed by atoms with Gasteiger partial charge in [0, 0.05) is 43.2 Å². The van der Waals surface area contributed by atoms with E-state index in [1.165, 1.54) is 20.1 Å². The van der Waals surface area contributed by atoms with Crippen molar-refractivity contribution in [1.29, 1.82) is 0 Å². The highest BCUT2D eigenvalue weighted by atomic mass is 16.5. The number of ether oxygens (including phenoxy) is 3. The standard InChI is InChI=1S/C38H43N5O7/c1-8-21(2)33(38(47)41-25-11-9-10-24(18-25)34(46)37-39-16-17-43(37)4)42-29-15-13-26-27(20-30(29)45)28(40-22(3)44)14-12-23-19-31(48-5)35(49-6)36(50-7)32(23)26/h9-11,13,15-21,28,33H,8,12,14H2,1-7H3,(H,40,44)(H,41,47)(H,42,45). The summed E-state index contributed by atoms with van der Waals surface area (Å²) in [5, 5.41) is 9.17. The van der Waals surface area contributed by atoms with E-state index in [9.17, 15) is 19.2 Å². The molecule has 262 valence electrons. The maximum absolute atomic E-state index is 14.0. The van der Waals surface area contributed by atoms with Crippen LogP contribution < -0.4 is 35.6 Å². The number of anilines is 2. The number of amides is 2. The second-order valence-electron chi connectivity index (χ2n) is 12.4. The van der Waals surface area contributed by atoms with E-state index in [4.69, 9.17) is 14.2 Å². The number of methoxy groups -OCH3 is 3. The zero-order valence-corrected chi connectivity index (χ0v) is 29.4. The van der Waals surface area contributed by atoms with Crippen LogP contribution in [0.2, 0.25) is 0 Å². The molecule has 50 heavy (non-hydrogen) atoms. The number of ketones is 1. The lowest BCUT2D eigenvalue weighted by molar-refractivity contribution is -0.120. The molecule has 1 heterocycles. The number of hydrogen-bond donors (Lipinski definition) is 3. The predicted molar refractivity (Wildman–Crippen MR) is 191 cm³/mol. The molecule has 0 saturated heterocycles. The average molecular weight is 682 g/mol. The monoisotopic (exact) mass is 681 g/mol. The van der Waals surface area contributed by atoms with Gasteiger partial charge in [-0.2, -0.15) is 0 Å². The summed E-state index contributed by atoms with van der Waals surface area (Å²) in [5.74, 6) is 0.584. The lowest BCUT2D eigenvalue weighted by Crippen LogP contribution is -2.40. The smallest absolute Gasteiger partial charge is 0.247 e. The number of hydrogen-bond acceptors (Lipinski definition) is 9. The lowest BCUT2D eigenvalue weighted by Gasteiger charge is -2.24. The first-order chi connectivity index (χ1) is 24.0. The van der Waals surface area contributed by atoms with Crippen molar-refractivity contribution >= 4 is 29.0 Å². The van der Waals surface area contributed by atoms with Gasteiger partial charge in [-0.05, 0) is 65.8 Å². The minimum absolute atomic E-state index is 0.181. The topological polar surface area (TPSA) is 150 Å². The van der Waals surface area contributed by atoms with E-state index >= 15 is 0 Å². The summed E-state index contributed by atoms with van der Waals surface area (Å²) in [6.07, 6.45) is 4.97. The van der Waals surface area contributed by atoms with Crippen molar-refractivity contribution < 1.29 is 28.6 Å². The summed E-state index contributed by atoms with van der Waals surface area (Å²) in [6, 6.07) is 12.3. The first kappa shape index (κ1) is 35.7. The predicted octanol–water partition coefficient (Wildman–Crippen LogP) is 5.29. The number of carbonyl (C=O) groups excluding carboxylic acids is 3. The normalized spacial score (nSPS) is 14.6. The van der Waals surface area contributed by atoms with Crippen molar-refractivity contribution in [2.45, 2.75) is 52.1 Å². The van der Waals surface area contributed by atoms with Crippen molar-refractivity contribution in [3.63, 3.8) is 0 Å². The summed E-state index contributed by atoms with van der Waals surface area (Å²) in [4.78, 5) is 57.4. The van der Waals surface area contributed by atoms with Crippen LogP contribution >= 0.6 is 0 Å². The maximum atomic E-state index is 14.0. The molecule has 1 aromatic heterocycles. The number of benzene rings is 2. The number of nitrogens with zero attached hydrogens (tertiary/aromatic N) is 2. The number of imidazole rings is 1. The van der Waals surface area contributed by atoms with Crippen LogP contribution in [0.15, 0.2) is 65.7 Å². The van der Waals surface area contributed by atoms with E-state index in [1.54, 1.807) is 68.6 Å². The van der Waals surface area contributed by atoms with Gasteiger partial charge in [0.15, 0.2) is 17.3 Å². The molecule has 0 saturated carbocycles. The Bertz CT molecular complexity index is 1990. The Balaban J connectivity index is 1.55. The Kier molecular flexibility index (Phi) is 10.9. The van der Waals surface area contributed by atoms with Gasteiger partial charge in [-0.1, -0.05) is 38.5 Å². The molecule has 3 aromatic carbocycles. The number of carbonyl (C=O) groups is 3. The van der Waals surface area contributed by atoms with E-state index in [1.807, 2.05) is 26.0 Å². The summed E-state index contributed by atoms with van der Waals surface area (Å²) < 4.78 is 18.8. The van der Waals surface area contributed by atoms with Crippen molar-refractivity contribution in [2.24, 2.45) is 13.0 Å².